The molecule has 0 saturated heterocycles. The molecule has 0 unspecified atom stereocenters. The Kier molecular flexibility index (Phi) is 6.26. The molecule has 5 rings (SSSR count). The monoisotopic (exact) mass is 477 g/mol. The van der Waals surface area contributed by atoms with Gasteiger partial charge in [-0.3, -0.25) is 9.69 Å². The van der Waals surface area contributed by atoms with Crippen molar-refractivity contribution in [3.8, 4) is 16.9 Å². The summed E-state index contributed by atoms with van der Waals surface area (Å²) in [5.74, 6) is -0.101. The van der Waals surface area contributed by atoms with E-state index in [9.17, 15) is 4.79 Å². The van der Waals surface area contributed by atoms with Crippen LogP contribution in [0.25, 0.3) is 16.9 Å². The third-order valence-corrected chi connectivity index (χ3v) is 7.03. The van der Waals surface area contributed by atoms with E-state index < -0.39 is 0 Å². The Morgan fingerprint density at radius 1 is 1.15 bits per heavy atom. The lowest BCUT2D eigenvalue weighted by Gasteiger charge is -2.23. The normalized spacial score (nSPS) is 13.6. The number of carbonyl (C=O) groups excluding carboxylic acids is 1. The molecule has 0 bridgehead atoms. The van der Waals surface area contributed by atoms with Crippen LogP contribution in [-0.4, -0.2) is 38.7 Å². The van der Waals surface area contributed by atoms with Gasteiger partial charge in [0.25, 0.3) is 0 Å². The number of carbonyl (C=O) groups is 1. The molecule has 1 N–H and O–H groups in total. The molecule has 0 saturated carbocycles. The van der Waals surface area contributed by atoms with Crippen LogP contribution in [0, 0.1) is 0 Å². The number of para-hydroxylation sites is 1. The van der Waals surface area contributed by atoms with Crippen molar-refractivity contribution in [2.24, 2.45) is 0 Å². The number of rotatable bonds is 6. The Morgan fingerprint density at radius 2 is 1.94 bits per heavy atom. The van der Waals surface area contributed by atoms with Crippen LogP contribution < -0.4 is 5.32 Å². The van der Waals surface area contributed by atoms with Crippen LogP contribution in [0.5, 0.6) is 0 Å². The summed E-state index contributed by atoms with van der Waals surface area (Å²) in [6.07, 6.45) is 3.06. The number of fused-ring (bicyclic) bond motifs is 1. The van der Waals surface area contributed by atoms with Gasteiger partial charge in [0.2, 0.25) is 5.91 Å². The number of aromatic nitrogens is 3. The van der Waals surface area contributed by atoms with Gasteiger partial charge < -0.3 is 5.32 Å². The maximum atomic E-state index is 13.0. The molecule has 6 nitrogen and oxygen atoms in total. The lowest BCUT2D eigenvalue weighted by molar-refractivity contribution is -0.115. The van der Waals surface area contributed by atoms with E-state index in [1.165, 1.54) is 4.88 Å². The molecule has 0 radical (unpaired) electrons. The first kappa shape index (κ1) is 21.8. The first-order valence-electron chi connectivity index (χ1n) is 11.0. The van der Waals surface area contributed by atoms with E-state index in [0.717, 1.165) is 54.3 Å². The molecule has 2 aromatic heterocycles. The molecule has 168 valence electrons. The summed E-state index contributed by atoms with van der Waals surface area (Å²) in [5.41, 5.74) is 4.58. The number of benzene rings is 2. The van der Waals surface area contributed by atoms with Crippen LogP contribution in [0.4, 0.5) is 5.13 Å². The molecule has 33 heavy (non-hydrogen) atoms. The highest BCUT2D eigenvalue weighted by Gasteiger charge is 2.21. The molecular formula is C25H24ClN5OS. The van der Waals surface area contributed by atoms with Gasteiger partial charge in [-0.05, 0) is 30.8 Å². The Labute approximate surface area is 201 Å². The zero-order valence-electron chi connectivity index (χ0n) is 18.3. The molecule has 3 heterocycles. The second kappa shape index (κ2) is 9.47. The minimum absolute atomic E-state index is 0.101. The highest BCUT2D eigenvalue weighted by molar-refractivity contribution is 7.15. The zero-order valence-corrected chi connectivity index (χ0v) is 19.9. The van der Waals surface area contributed by atoms with Crippen molar-refractivity contribution in [3.05, 3.63) is 82.0 Å². The van der Waals surface area contributed by atoms with Crippen molar-refractivity contribution >= 4 is 34.0 Å². The highest BCUT2D eigenvalue weighted by atomic mass is 35.5. The van der Waals surface area contributed by atoms with Gasteiger partial charge in [0.05, 0.1) is 23.5 Å². The van der Waals surface area contributed by atoms with Crippen LogP contribution >= 0.6 is 22.9 Å². The number of nitrogens with one attached hydrogen (secondary N) is 1. The Hall–Kier alpha value is -3.00. The molecule has 1 aliphatic rings. The summed E-state index contributed by atoms with van der Waals surface area (Å²) in [4.78, 5) is 21.3. The number of nitrogens with zero attached hydrogens (tertiary/aromatic N) is 4. The average molecular weight is 478 g/mol. The average Bonchev–Trinajstić information content (AvgIpc) is 3.43. The van der Waals surface area contributed by atoms with E-state index in [2.05, 4.69) is 22.1 Å². The number of anilines is 1. The van der Waals surface area contributed by atoms with E-state index in [4.69, 9.17) is 16.7 Å². The number of hydrogen-bond donors (Lipinski definition) is 1. The van der Waals surface area contributed by atoms with E-state index >= 15 is 0 Å². The van der Waals surface area contributed by atoms with Crippen LogP contribution in [-0.2, 0) is 24.2 Å². The van der Waals surface area contributed by atoms with Gasteiger partial charge in [0.15, 0.2) is 5.13 Å². The van der Waals surface area contributed by atoms with E-state index in [1.807, 2.05) is 65.5 Å². The maximum Gasteiger partial charge on any atom is 0.230 e. The van der Waals surface area contributed by atoms with Crippen molar-refractivity contribution in [2.45, 2.75) is 26.3 Å². The van der Waals surface area contributed by atoms with Gasteiger partial charge in [-0.2, -0.15) is 5.10 Å². The van der Waals surface area contributed by atoms with Crippen molar-refractivity contribution in [1.82, 2.24) is 19.7 Å². The summed E-state index contributed by atoms with van der Waals surface area (Å²) in [6.45, 7) is 5.12. The number of hydrogen-bond acceptors (Lipinski definition) is 5. The summed E-state index contributed by atoms with van der Waals surface area (Å²) < 4.78 is 1.81. The first-order chi connectivity index (χ1) is 16.1. The number of amides is 1. The topological polar surface area (TPSA) is 63.1 Å². The first-order valence-corrected chi connectivity index (χ1v) is 12.2. The minimum atomic E-state index is -0.101. The predicted molar refractivity (Wildman–Crippen MR) is 133 cm³/mol. The SMILES string of the molecule is CCN1CCc2nc(NC(=O)Cc3cn(-c4ccccc4)nc3-c3ccc(Cl)cc3)sc2C1. The summed E-state index contributed by atoms with van der Waals surface area (Å²) >= 11 is 7.65. The fourth-order valence-electron chi connectivity index (χ4n) is 4.01. The smallest absolute Gasteiger partial charge is 0.230 e. The predicted octanol–water partition coefficient (Wildman–Crippen LogP) is 5.21. The summed E-state index contributed by atoms with van der Waals surface area (Å²) in [5, 5.41) is 9.13. The van der Waals surface area contributed by atoms with E-state index in [-0.39, 0.29) is 12.3 Å². The number of thiazole rings is 1. The fourth-order valence-corrected chi connectivity index (χ4v) is 5.20. The van der Waals surface area contributed by atoms with Gasteiger partial charge >= 0.3 is 0 Å². The Bertz CT molecular complexity index is 1270. The van der Waals surface area contributed by atoms with Gasteiger partial charge in [-0.15, -0.1) is 11.3 Å². The largest absolute Gasteiger partial charge is 0.302 e. The third kappa shape index (κ3) is 4.85. The van der Waals surface area contributed by atoms with E-state index in [0.29, 0.717) is 10.2 Å². The van der Waals surface area contributed by atoms with Crippen molar-refractivity contribution in [2.75, 3.05) is 18.4 Å². The van der Waals surface area contributed by atoms with Crippen LogP contribution in [0.3, 0.4) is 0 Å². The Balaban J connectivity index is 1.39. The molecular weight excluding hydrogens is 454 g/mol. The molecule has 2 aromatic carbocycles. The lowest BCUT2D eigenvalue weighted by atomic mass is 10.1. The molecule has 0 fully saturated rings. The Morgan fingerprint density at radius 3 is 2.70 bits per heavy atom. The molecule has 1 aliphatic heterocycles. The molecule has 8 heteroatoms. The maximum absolute atomic E-state index is 13.0. The van der Waals surface area contributed by atoms with Crippen molar-refractivity contribution < 1.29 is 4.79 Å². The number of halogens is 1. The summed E-state index contributed by atoms with van der Waals surface area (Å²) in [7, 11) is 0. The van der Waals surface area contributed by atoms with Gasteiger partial charge in [-0.25, -0.2) is 9.67 Å². The van der Waals surface area contributed by atoms with Crippen LogP contribution in [0.1, 0.15) is 23.1 Å². The molecule has 0 spiro atoms. The quantitative estimate of drug-likeness (QED) is 0.414. The van der Waals surface area contributed by atoms with E-state index in [1.54, 1.807) is 11.3 Å². The number of likely N-dealkylation sites (N-methyl/N-ethyl adjacent to an activating group) is 1. The summed E-state index contributed by atoms with van der Waals surface area (Å²) in [6, 6.07) is 17.4. The minimum Gasteiger partial charge on any atom is -0.302 e. The van der Waals surface area contributed by atoms with Gasteiger partial charge in [0.1, 0.15) is 0 Å². The van der Waals surface area contributed by atoms with Crippen LogP contribution in [0.2, 0.25) is 5.02 Å². The molecule has 4 aromatic rings. The van der Waals surface area contributed by atoms with Gasteiger partial charge in [0, 0.05) is 46.7 Å². The second-order valence-corrected chi connectivity index (χ2v) is 9.54. The third-order valence-electron chi connectivity index (χ3n) is 5.78. The second-order valence-electron chi connectivity index (χ2n) is 8.02. The van der Waals surface area contributed by atoms with Crippen molar-refractivity contribution in [1.29, 1.82) is 0 Å². The fraction of sp³-hybridized carbons (Fsp3) is 0.240. The van der Waals surface area contributed by atoms with Crippen LogP contribution in [0.15, 0.2) is 60.8 Å². The zero-order chi connectivity index (χ0) is 22.8. The van der Waals surface area contributed by atoms with Crippen molar-refractivity contribution in [3.63, 3.8) is 0 Å². The standard InChI is InChI=1S/C25H24ClN5OS/c1-2-30-13-12-21-22(16-30)33-25(27-21)28-23(32)14-18-15-31(20-6-4-3-5-7-20)29-24(18)17-8-10-19(26)11-9-17/h3-11,15H,2,12-14,16H2,1H3,(H,27,28,32). The molecule has 0 aliphatic carbocycles. The molecule has 0 atom stereocenters. The van der Waals surface area contributed by atoms with Gasteiger partial charge in [-0.1, -0.05) is 48.9 Å². The highest BCUT2D eigenvalue weighted by Crippen LogP contribution is 2.29. The lowest BCUT2D eigenvalue weighted by Crippen LogP contribution is -2.29. The molecule has 1 amide bonds.